The maximum atomic E-state index is 2.83. The molecule has 0 amide bonds. The van der Waals surface area contributed by atoms with E-state index in [2.05, 4.69) is 159 Å². The Labute approximate surface area is 305 Å². The first-order valence-corrected chi connectivity index (χ1v) is 20.9. The molecule has 2 aliphatic carbocycles. The molecule has 0 saturated carbocycles. The first-order chi connectivity index (χ1) is 21.1. The summed E-state index contributed by atoms with van der Waals surface area (Å²) in [5.74, 6) is 0.467. The average molecular weight is 743 g/mol. The fourth-order valence-electron chi connectivity index (χ4n) is 7.84. The normalized spacial score (nSPS) is 16.1. The van der Waals surface area contributed by atoms with Crippen molar-refractivity contribution in [2.24, 2.45) is 11.3 Å². The molecule has 0 N–H and O–H groups in total. The number of hydrogen-bond donors (Lipinski definition) is 0. The molecule has 0 fully saturated rings. The van der Waals surface area contributed by atoms with Crippen LogP contribution in [0.4, 0.5) is 0 Å². The maximum Gasteiger partial charge on any atom is -1.00 e. The Morgan fingerprint density at radius 1 is 0.745 bits per heavy atom. The Balaban J connectivity index is 0.00000250. The van der Waals surface area contributed by atoms with Crippen molar-refractivity contribution in [1.82, 2.24) is 0 Å². The SMILES string of the molecule is CCC1=[C](/[Zr+2](=[CH]/c2cccc3ccccc23)[c]2c(C(C)(C)C)ccc3c2Cc2cc(C(C)(C)C)ccc2-3)C(C)C=C1C(C)(C)C.[Cl-].[Cl-]. The van der Waals surface area contributed by atoms with E-state index in [1.54, 1.807) is 28.8 Å². The summed E-state index contributed by atoms with van der Waals surface area (Å²) in [4.78, 5) is 0. The molecule has 0 aliphatic heterocycles. The average Bonchev–Trinajstić information content (AvgIpc) is 3.51. The summed E-state index contributed by atoms with van der Waals surface area (Å²) in [6.45, 7) is 26.4. The van der Waals surface area contributed by atoms with Crippen LogP contribution in [0.25, 0.3) is 21.9 Å². The molecule has 1 unspecified atom stereocenters. The van der Waals surface area contributed by atoms with Gasteiger partial charge >= 0.3 is 282 Å². The minimum Gasteiger partial charge on any atom is -1.00 e. The van der Waals surface area contributed by atoms with E-state index in [0.717, 1.165) is 12.8 Å². The maximum absolute atomic E-state index is 2.83. The molecule has 0 aromatic heterocycles. The van der Waals surface area contributed by atoms with Gasteiger partial charge in [-0.25, -0.2) is 0 Å². The second-order valence-corrected chi connectivity index (χ2v) is 21.9. The Bertz CT molecular complexity index is 1910. The number of hydrogen-bond acceptors (Lipinski definition) is 0. The second-order valence-electron chi connectivity index (χ2n) is 16.6. The molecule has 2 aliphatic rings. The van der Waals surface area contributed by atoms with Gasteiger partial charge in [0, 0.05) is 0 Å². The van der Waals surface area contributed by atoms with Crippen molar-refractivity contribution < 1.29 is 46.1 Å². The largest absolute Gasteiger partial charge is 1.00 e. The predicted molar refractivity (Wildman–Crippen MR) is 195 cm³/mol. The molecule has 0 heterocycles. The Kier molecular flexibility index (Phi) is 11.0. The van der Waals surface area contributed by atoms with Gasteiger partial charge in [0.1, 0.15) is 0 Å². The smallest absolute Gasteiger partial charge is 1.00 e. The molecule has 0 radical (unpaired) electrons. The second kappa shape index (κ2) is 13.7. The zero-order valence-corrected chi connectivity index (χ0v) is 34.3. The Morgan fingerprint density at radius 3 is 2.04 bits per heavy atom. The Hall–Kier alpha value is -2.05. The standard InChI is InChI=1S/C21H25.C12H19.C11H8.2ClH.Zr/c1-20(2,3)16-7-9-18-14(12-16)11-15-13-17(21(4,5)6)8-10-19(15)18;1-6-10-7-9(2)8-11(10)12(3,4)5;1-9-5-4-7-10-6-2-3-8-11(9)10;;;/h7-10,12H,11H2,1-6H3;8-9H,6H2,1-5H3;1-8H;2*1H;/q;;;;;+2/p-2. The number of fused-ring (bicyclic) bond motifs is 4. The molecule has 3 heteroatoms. The Morgan fingerprint density at radius 2 is 1.40 bits per heavy atom. The topological polar surface area (TPSA) is 0 Å². The molecular formula is C44H52Cl2Zr. The third-order valence-corrected chi connectivity index (χ3v) is 17.6. The van der Waals surface area contributed by atoms with Gasteiger partial charge in [0.2, 0.25) is 0 Å². The van der Waals surface area contributed by atoms with Crippen molar-refractivity contribution in [1.29, 1.82) is 0 Å². The first-order valence-electron chi connectivity index (χ1n) is 17.1. The molecule has 4 aromatic rings. The van der Waals surface area contributed by atoms with Crippen molar-refractivity contribution in [3.8, 4) is 11.1 Å². The molecule has 246 valence electrons. The number of allylic oxidation sites excluding steroid dienone is 4. The summed E-state index contributed by atoms with van der Waals surface area (Å²) < 4.78 is 6.36. The van der Waals surface area contributed by atoms with Gasteiger partial charge in [-0.2, -0.15) is 0 Å². The van der Waals surface area contributed by atoms with E-state index in [1.165, 1.54) is 38.6 Å². The molecule has 1 atom stereocenters. The molecule has 0 saturated heterocycles. The third kappa shape index (κ3) is 7.02. The zero-order valence-electron chi connectivity index (χ0n) is 30.3. The summed E-state index contributed by atoms with van der Waals surface area (Å²) in [7, 11) is 0. The monoisotopic (exact) mass is 740 g/mol. The van der Waals surface area contributed by atoms with Crippen LogP contribution in [-0.4, -0.2) is 3.71 Å². The van der Waals surface area contributed by atoms with Gasteiger partial charge in [-0.05, 0) is 0 Å². The molecule has 0 spiro atoms. The van der Waals surface area contributed by atoms with Crippen LogP contribution >= 0.6 is 0 Å². The molecule has 6 rings (SSSR count). The fourth-order valence-corrected chi connectivity index (χ4v) is 16.8. The van der Waals surface area contributed by atoms with Gasteiger partial charge in [0.25, 0.3) is 0 Å². The van der Waals surface area contributed by atoms with Gasteiger partial charge in [-0.1, -0.05) is 0 Å². The molecule has 47 heavy (non-hydrogen) atoms. The van der Waals surface area contributed by atoms with Gasteiger partial charge < -0.3 is 24.8 Å². The minimum atomic E-state index is -2.74. The molecule has 0 nitrogen and oxygen atoms in total. The minimum absolute atomic E-state index is 0. The quantitative estimate of drug-likeness (QED) is 0.232. The van der Waals surface area contributed by atoms with E-state index in [4.69, 9.17) is 0 Å². The van der Waals surface area contributed by atoms with E-state index in [0.29, 0.717) is 5.92 Å². The van der Waals surface area contributed by atoms with Crippen LogP contribution < -0.4 is 28.1 Å². The van der Waals surface area contributed by atoms with E-state index in [-0.39, 0.29) is 41.1 Å². The van der Waals surface area contributed by atoms with Crippen molar-refractivity contribution in [2.45, 2.75) is 99.8 Å². The van der Waals surface area contributed by atoms with E-state index in [1.807, 2.05) is 0 Å². The van der Waals surface area contributed by atoms with Gasteiger partial charge in [-0.3, -0.25) is 0 Å². The van der Waals surface area contributed by atoms with Crippen LogP contribution in [-0.2, 0) is 38.5 Å². The van der Waals surface area contributed by atoms with E-state index in [9.17, 15) is 0 Å². The zero-order chi connectivity index (χ0) is 32.5. The van der Waals surface area contributed by atoms with Crippen LogP contribution in [0, 0.1) is 11.3 Å². The third-order valence-electron chi connectivity index (χ3n) is 10.1. The molecule has 4 aromatic carbocycles. The van der Waals surface area contributed by atoms with Crippen LogP contribution in [0.2, 0.25) is 0 Å². The predicted octanol–water partition coefficient (Wildman–Crippen LogP) is 5.39. The van der Waals surface area contributed by atoms with Crippen molar-refractivity contribution in [3.63, 3.8) is 0 Å². The van der Waals surface area contributed by atoms with Gasteiger partial charge in [0.05, 0.1) is 0 Å². The molecular weight excluding hydrogens is 691 g/mol. The fraction of sp³-hybridized carbons (Fsp3) is 0.386. The van der Waals surface area contributed by atoms with E-state index < -0.39 is 21.3 Å². The summed E-state index contributed by atoms with van der Waals surface area (Å²) >= 11 is -2.74. The van der Waals surface area contributed by atoms with Gasteiger partial charge in [-0.15, -0.1) is 0 Å². The first kappa shape index (κ1) is 37.8. The number of benzene rings is 4. The molecule has 0 bridgehead atoms. The summed E-state index contributed by atoms with van der Waals surface area (Å²) in [6.07, 6.45) is 4.78. The van der Waals surface area contributed by atoms with Crippen LogP contribution in [0.1, 0.15) is 110 Å². The van der Waals surface area contributed by atoms with Gasteiger partial charge in [0.15, 0.2) is 0 Å². The number of rotatable bonds is 4. The van der Waals surface area contributed by atoms with E-state index >= 15 is 0 Å². The number of halogens is 2. The summed E-state index contributed by atoms with van der Waals surface area (Å²) in [6, 6.07) is 28.2. The summed E-state index contributed by atoms with van der Waals surface area (Å²) in [5, 5.41) is 2.72. The summed E-state index contributed by atoms with van der Waals surface area (Å²) in [5.41, 5.74) is 14.1. The van der Waals surface area contributed by atoms with Crippen LogP contribution in [0.5, 0.6) is 0 Å². The van der Waals surface area contributed by atoms with Crippen molar-refractivity contribution >= 4 is 17.8 Å². The van der Waals surface area contributed by atoms with Crippen LogP contribution in [0.3, 0.4) is 0 Å². The van der Waals surface area contributed by atoms with Crippen LogP contribution in [0.15, 0.2) is 93.3 Å². The van der Waals surface area contributed by atoms with Crippen molar-refractivity contribution in [3.05, 3.63) is 121 Å². The van der Waals surface area contributed by atoms with Crippen molar-refractivity contribution in [2.75, 3.05) is 0 Å².